The van der Waals surface area contributed by atoms with Crippen molar-refractivity contribution in [3.63, 3.8) is 0 Å². The average Bonchev–Trinajstić information content (AvgIpc) is 3.01. The topological polar surface area (TPSA) is 158 Å². The molecule has 1 aliphatic rings. The number of carbonyl (C=O) groups is 1. The van der Waals surface area contributed by atoms with E-state index in [9.17, 15) is 24.1 Å². The van der Waals surface area contributed by atoms with Crippen molar-refractivity contribution >= 4 is 13.7 Å². The van der Waals surface area contributed by atoms with Gasteiger partial charge in [0.05, 0.1) is 13.7 Å². The lowest BCUT2D eigenvalue weighted by atomic mass is 9.98. The Kier molecular flexibility index (Phi) is 7.74. The Labute approximate surface area is 193 Å². The number of aliphatic hydroxyl groups is 1. The molecule has 0 amide bonds. The van der Waals surface area contributed by atoms with E-state index in [1.54, 1.807) is 18.2 Å². The van der Waals surface area contributed by atoms with Crippen LogP contribution in [-0.2, 0) is 23.4 Å². The summed E-state index contributed by atoms with van der Waals surface area (Å²) in [6, 6.07) is 7.83. The van der Waals surface area contributed by atoms with Crippen molar-refractivity contribution in [2.75, 3.05) is 13.7 Å². The summed E-state index contributed by atoms with van der Waals surface area (Å²) in [5, 5.41) is 12.9. The van der Waals surface area contributed by atoms with Gasteiger partial charge in [0.2, 0.25) is 0 Å². The molecule has 0 spiro atoms. The van der Waals surface area contributed by atoms with Gasteiger partial charge in [-0.3, -0.25) is 23.7 Å². The normalized spacial score (nSPS) is 27.0. The monoisotopic (exact) mass is 501 g/mol. The van der Waals surface area contributed by atoms with Crippen LogP contribution in [0.1, 0.15) is 20.1 Å². The summed E-state index contributed by atoms with van der Waals surface area (Å²) in [5.74, 6) is -0.595. The molecule has 1 aromatic carbocycles. The van der Waals surface area contributed by atoms with Crippen molar-refractivity contribution < 1.29 is 37.4 Å². The molecule has 1 fully saturated rings. The lowest BCUT2D eigenvalue weighted by molar-refractivity contribution is -0.142. The molecule has 2 aromatic rings. The van der Waals surface area contributed by atoms with E-state index in [1.807, 2.05) is 4.98 Å². The second kappa shape index (κ2) is 10.2. The predicted octanol–water partition coefficient (Wildman–Crippen LogP) is 0.878. The fraction of sp³-hybridized carbons (Fsp3) is 0.450. The first-order chi connectivity index (χ1) is 16.0. The van der Waals surface area contributed by atoms with Crippen molar-refractivity contribution in [1.82, 2.24) is 14.6 Å². The highest BCUT2D eigenvalue weighted by atomic mass is 31.2. The van der Waals surface area contributed by atoms with E-state index in [4.69, 9.17) is 13.8 Å². The number of hydrogen-bond donors (Lipinski definition) is 3. The van der Waals surface area contributed by atoms with E-state index in [-0.39, 0.29) is 5.75 Å². The number of hydrogen-bond acceptors (Lipinski definition) is 9. The Morgan fingerprint density at radius 3 is 2.65 bits per heavy atom. The fourth-order valence-electron chi connectivity index (χ4n) is 3.31. The first kappa shape index (κ1) is 25.8. The highest BCUT2D eigenvalue weighted by Gasteiger charge is 2.55. The van der Waals surface area contributed by atoms with Gasteiger partial charge in [0.15, 0.2) is 11.9 Å². The number of halogens is 1. The number of benzene rings is 1. The van der Waals surface area contributed by atoms with Crippen LogP contribution in [0.25, 0.3) is 0 Å². The molecule has 0 saturated carbocycles. The first-order valence-corrected chi connectivity index (χ1v) is 11.7. The van der Waals surface area contributed by atoms with E-state index < -0.39 is 61.7 Å². The SMILES string of the molecule is COC(=O)[C@H](C)NP(=O)(OC[C@H]1O[C@@H](n2ccc(=O)[nH]c2=O)[C@@](C)(F)[C@@H]1O)Oc1ccccc1. The maximum atomic E-state index is 15.4. The minimum atomic E-state index is -4.27. The highest BCUT2D eigenvalue weighted by molar-refractivity contribution is 7.52. The van der Waals surface area contributed by atoms with Crippen molar-refractivity contribution in [2.24, 2.45) is 0 Å². The maximum absolute atomic E-state index is 15.4. The summed E-state index contributed by atoms with van der Waals surface area (Å²) in [6.45, 7) is 1.74. The number of aromatic amines is 1. The third kappa shape index (κ3) is 5.62. The van der Waals surface area contributed by atoms with Crippen LogP contribution >= 0.6 is 7.75 Å². The Bertz CT molecular complexity index is 1170. The van der Waals surface area contributed by atoms with E-state index in [0.717, 1.165) is 30.9 Å². The summed E-state index contributed by atoms with van der Waals surface area (Å²) in [4.78, 5) is 37.2. The van der Waals surface area contributed by atoms with Crippen LogP contribution in [0.4, 0.5) is 4.39 Å². The number of nitrogens with zero attached hydrogens (tertiary/aromatic N) is 1. The molecule has 14 heteroatoms. The summed E-state index contributed by atoms with van der Waals surface area (Å²) in [6.07, 6.45) is -3.78. The predicted molar refractivity (Wildman–Crippen MR) is 116 cm³/mol. The van der Waals surface area contributed by atoms with E-state index in [2.05, 4.69) is 9.82 Å². The van der Waals surface area contributed by atoms with Crippen molar-refractivity contribution in [3.8, 4) is 5.75 Å². The summed E-state index contributed by atoms with van der Waals surface area (Å²) in [5.41, 5.74) is -4.11. The molecule has 12 nitrogen and oxygen atoms in total. The molecule has 1 aliphatic heterocycles. The Balaban J connectivity index is 1.80. The van der Waals surface area contributed by atoms with Gasteiger partial charge in [-0.25, -0.2) is 13.8 Å². The van der Waals surface area contributed by atoms with Gasteiger partial charge in [-0.1, -0.05) is 18.2 Å². The van der Waals surface area contributed by atoms with Crippen LogP contribution in [-0.4, -0.2) is 58.3 Å². The number of alkyl halides is 1. The molecule has 6 atom stereocenters. The van der Waals surface area contributed by atoms with Crippen molar-refractivity contribution in [2.45, 2.75) is 44.0 Å². The van der Waals surface area contributed by atoms with Crippen LogP contribution < -0.4 is 20.9 Å². The van der Waals surface area contributed by atoms with Gasteiger partial charge in [-0.15, -0.1) is 0 Å². The van der Waals surface area contributed by atoms with Crippen LogP contribution in [0.5, 0.6) is 5.75 Å². The zero-order valence-corrected chi connectivity index (χ0v) is 19.4. The second-order valence-electron chi connectivity index (χ2n) is 7.71. The van der Waals surface area contributed by atoms with Gasteiger partial charge in [0.25, 0.3) is 5.56 Å². The van der Waals surface area contributed by atoms with E-state index in [1.165, 1.54) is 19.1 Å². The van der Waals surface area contributed by atoms with Crippen LogP contribution in [0.15, 0.2) is 52.2 Å². The summed E-state index contributed by atoms with van der Waals surface area (Å²) >= 11 is 0. The zero-order valence-electron chi connectivity index (χ0n) is 18.5. The molecular formula is C20H25FN3O9P. The summed E-state index contributed by atoms with van der Waals surface area (Å²) < 4.78 is 50.5. The van der Waals surface area contributed by atoms with E-state index in [0.29, 0.717) is 0 Å². The lowest BCUT2D eigenvalue weighted by Gasteiger charge is -2.25. The molecule has 0 aliphatic carbocycles. The quantitative estimate of drug-likeness (QED) is 0.333. The number of carbonyl (C=O) groups excluding carboxylic acids is 1. The lowest BCUT2D eigenvalue weighted by Crippen LogP contribution is -2.43. The first-order valence-electron chi connectivity index (χ1n) is 10.2. The number of ether oxygens (including phenoxy) is 2. The number of rotatable bonds is 9. The van der Waals surface area contributed by atoms with E-state index >= 15 is 4.39 Å². The minimum Gasteiger partial charge on any atom is -0.468 e. The number of esters is 1. The Morgan fingerprint density at radius 2 is 2.03 bits per heavy atom. The number of nitrogens with one attached hydrogen (secondary N) is 2. The van der Waals surface area contributed by atoms with Gasteiger partial charge >= 0.3 is 19.4 Å². The highest BCUT2D eigenvalue weighted by Crippen LogP contribution is 2.47. The average molecular weight is 501 g/mol. The third-order valence-corrected chi connectivity index (χ3v) is 6.75. The molecule has 3 N–H and O–H groups in total. The van der Waals surface area contributed by atoms with Crippen LogP contribution in [0.2, 0.25) is 0 Å². The number of aliphatic hydroxyl groups excluding tert-OH is 1. The molecule has 2 heterocycles. The van der Waals surface area contributed by atoms with Gasteiger partial charge in [-0.05, 0) is 26.0 Å². The molecule has 0 radical (unpaired) electrons. The molecule has 3 rings (SSSR count). The third-order valence-electron chi connectivity index (χ3n) is 5.10. The van der Waals surface area contributed by atoms with Gasteiger partial charge in [-0.2, -0.15) is 5.09 Å². The molecule has 0 bridgehead atoms. The maximum Gasteiger partial charge on any atom is 0.459 e. The molecular weight excluding hydrogens is 476 g/mol. The Hall–Kier alpha value is -2.83. The molecule has 1 aromatic heterocycles. The van der Waals surface area contributed by atoms with Crippen molar-refractivity contribution in [1.29, 1.82) is 0 Å². The smallest absolute Gasteiger partial charge is 0.459 e. The molecule has 186 valence electrons. The minimum absolute atomic E-state index is 0.149. The summed E-state index contributed by atoms with van der Waals surface area (Å²) in [7, 11) is -3.13. The molecule has 34 heavy (non-hydrogen) atoms. The van der Waals surface area contributed by atoms with Gasteiger partial charge < -0.3 is 19.1 Å². The Morgan fingerprint density at radius 1 is 1.35 bits per heavy atom. The standard InChI is InChI=1S/C20H25FN3O9P/c1-12(17(27)30-3)23-34(29,33-13-7-5-4-6-8-13)31-11-14-16(26)20(2,21)18(32-14)24-10-9-15(25)22-19(24)28/h4-10,12,14,16,18,26H,11H2,1-3H3,(H,23,29)(H,22,25,28)/t12-,14+,16+,18+,20-,34?/m0/s1. The zero-order chi connectivity index (χ0) is 25.1. The second-order valence-corrected chi connectivity index (χ2v) is 9.41. The van der Waals surface area contributed by atoms with Gasteiger partial charge in [0.1, 0.15) is 24.0 Å². The number of H-pyrrole nitrogens is 1. The van der Waals surface area contributed by atoms with Crippen LogP contribution in [0.3, 0.4) is 0 Å². The largest absolute Gasteiger partial charge is 0.468 e. The van der Waals surface area contributed by atoms with Crippen LogP contribution in [0, 0.1) is 0 Å². The van der Waals surface area contributed by atoms with Gasteiger partial charge in [0, 0.05) is 12.3 Å². The number of methoxy groups -OCH3 is 1. The molecule has 1 unspecified atom stereocenters. The fourth-order valence-corrected chi connectivity index (χ4v) is 4.81. The van der Waals surface area contributed by atoms with Crippen molar-refractivity contribution in [3.05, 3.63) is 63.4 Å². The molecule has 1 saturated heterocycles. The number of aromatic nitrogens is 2. The number of para-hydroxylation sites is 1.